The van der Waals surface area contributed by atoms with Crippen LogP contribution < -0.4 is 10.0 Å². The van der Waals surface area contributed by atoms with Gasteiger partial charge in [0.05, 0.1) is 0 Å². The van der Waals surface area contributed by atoms with Gasteiger partial charge in [0.2, 0.25) is 10.0 Å². The van der Waals surface area contributed by atoms with Crippen LogP contribution in [0.2, 0.25) is 0 Å². The maximum Gasteiger partial charge on any atom is 0.242 e. The van der Waals surface area contributed by atoms with E-state index in [2.05, 4.69) is 35.8 Å². The number of pyridine rings is 1. The number of nitrogens with one attached hydrogen (secondary N) is 2. The Hall–Kier alpha value is -1.14. The minimum Gasteiger partial charge on any atom is -0.370 e. The molecule has 0 aliphatic heterocycles. The van der Waals surface area contributed by atoms with E-state index in [9.17, 15) is 8.42 Å². The third-order valence-electron chi connectivity index (χ3n) is 4.37. The number of nitrogens with zero attached hydrogens (tertiary/aromatic N) is 1. The van der Waals surface area contributed by atoms with Crippen LogP contribution in [0.4, 0.5) is 5.82 Å². The van der Waals surface area contributed by atoms with Crippen LogP contribution in [0.25, 0.3) is 0 Å². The van der Waals surface area contributed by atoms with E-state index in [1.807, 2.05) is 0 Å². The fourth-order valence-electron chi connectivity index (χ4n) is 2.70. The maximum atomic E-state index is 12.4. The van der Waals surface area contributed by atoms with Gasteiger partial charge in [0.15, 0.2) is 0 Å². The van der Waals surface area contributed by atoms with Crippen molar-refractivity contribution >= 4 is 15.8 Å². The first-order valence-electron chi connectivity index (χ1n) is 7.66. The standard InChI is InChI=1S/C15H25N3O2S/c1-4-9-16-15-8-6-13(10-17-15)21(19,20)18-14-7-5-11(2)12(14)3/h6,8,10-12,14,18H,4-5,7,9H2,1-3H3,(H,16,17). The lowest BCUT2D eigenvalue weighted by Crippen LogP contribution is -2.37. The van der Waals surface area contributed by atoms with Crippen molar-refractivity contribution in [2.24, 2.45) is 11.8 Å². The van der Waals surface area contributed by atoms with Crippen molar-refractivity contribution in [2.75, 3.05) is 11.9 Å². The molecule has 1 aliphatic carbocycles. The van der Waals surface area contributed by atoms with Crippen LogP contribution in [0.5, 0.6) is 0 Å². The molecule has 1 aromatic heterocycles. The number of rotatable bonds is 6. The molecule has 0 amide bonds. The molecule has 5 nitrogen and oxygen atoms in total. The summed E-state index contributed by atoms with van der Waals surface area (Å²) in [6.45, 7) is 7.18. The normalized spacial score (nSPS) is 26.0. The largest absolute Gasteiger partial charge is 0.370 e. The zero-order valence-corrected chi connectivity index (χ0v) is 13.8. The van der Waals surface area contributed by atoms with Gasteiger partial charge in [0, 0.05) is 18.8 Å². The summed E-state index contributed by atoms with van der Waals surface area (Å²) in [5.41, 5.74) is 0. The molecule has 0 bridgehead atoms. The van der Waals surface area contributed by atoms with Gasteiger partial charge >= 0.3 is 0 Å². The Morgan fingerprint density at radius 2 is 2.05 bits per heavy atom. The first kappa shape index (κ1) is 16.2. The van der Waals surface area contributed by atoms with Crippen molar-refractivity contribution in [2.45, 2.75) is 51.0 Å². The monoisotopic (exact) mass is 311 g/mol. The SMILES string of the molecule is CCCNc1ccc(S(=O)(=O)NC2CCC(C)C2C)cn1. The second-order valence-corrected chi connectivity index (χ2v) is 7.66. The van der Waals surface area contributed by atoms with Gasteiger partial charge in [-0.1, -0.05) is 20.8 Å². The highest BCUT2D eigenvalue weighted by molar-refractivity contribution is 7.89. The van der Waals surface area contributed by atoms with Crippen molar-refractivity contribution in [1.82, 2.24) is 9.71 Å². The van der Waals surface area contributed by atoms with Crippen LogP contribution in [0.3, 0.4) is 0 Å². The highest BCUT2D eigenvalue weighted by Crippen LogP contribution is 2.32. The Labute approximate surface area is 127 Å². The summed E-state index contributed by atoms with van der Waals surface area (Å²) in [6.07, 6.45) is 4.40. The fourth-order valence-corrected chi connectivity index (χ4v) is 4.00. The molecule has 118 valence electrons. The molecule has 0 saturated heterocycles. The average Bonchev–Trinajstić information content (AvgIpc) is 2.77. The molecule has 2 N–H and O–H groups in total. The lowest BCUT2D eigenvalue weighted by Gasteiger charge is -2.19. The molecule has 3 atom stereocenters. The van der Waals surface area contributed by atoms with Gasteiger partial charge in [-0.25, -0.2) is 18.1 Å². The van der Waals surface area contributed by atoms with E-state index < -0.39 is 10.0 Å². The van der Waals surface area contributed by atoms with Crippen LogP contribution in [0, 0.1) is 11.8 Å². The van der Waals surface area contributed by atoms with Gasteiger partial charge < -0.3 is 5.32 Å². The molecule has 0 radical (unpaired) electrons. The Bertz CT molecular complexity index is 557. The third kappa shape index (κ3) is 3.95. The zero-order valence-electron chi connectivity index (χ0n) is 13.0. The number of hydrogen-bond acceptors (Lipinski definition) is 4. The fraction of sp³-hybridized carbons (Fsp3) is 0.667. The molecular formula is C15H25N3O2S. The van der Waals surface area contributed by atoms with Crippen molar-refractivity contribution in [3.05, 3.63) is 18.3 Å². The van der Waals surface area contributed by atoms with Crippen molar-refractivity contribution < 1.29 is 8.42 Å². The lowest BCUT2D eigenvalue weighted by molar-refractivity contribution is 0.402. The molecule has 2 rings (SSSR count). The Morgan fingerprint density at radius 3 is 2.57 bits per heavy atom. The van der Waals surface area contributed by atoms with Crippen molar-refractivity contribution in [1.29, 1.82) is 0 Å². The lowest BCUT2D eigenvalue weighted by atomic mass is 9.98. The highest BCUT2D eigenvalue weighted by atomic mass is 32.2. The molecular weight excluding hydrogens is 286 g/mol. The number of anilines is 1. The predicted octanol–water partition coefficient (Wildman–Crippen LogP) is 2.62. The van der Waals surface area contributed by atoms with Gasteiger partial charge in [-0.3, -0.25) is 0 Å². The number of aromatic nitrogens is 1. The van der Waals surface area contributed by atoms with Gasteiger partial charge in [0.25, 0.3) is 0 Å². The molecule has 6 heteroatoms. The summed E-state index contributed by atoms with van der Waals surface area (Å²) in [7, 11) is -3.48. The number of hydrogen-bond donors (Lipinski definition) is 2. The molecule has 0 spiro atoms. The van der Waals surface area contributed by atoms with E-state index in [0.717, 1.165) is 25.8 Å². The summed E-state index contributed by atoms with van der Waals surface area (Å²) < 4.78 is 27.6. The minimum atomic E-state index is -3.48. The van der Waals surface area contributed by atoms with E-state index in [1.54, 1.807) is 12.1 Å². The van der Waals surface area contributed by atoms with Crippen molar-refractivity contribution in [3.63, 3.8) is 0 Å². The van der Waals surface area contributed by atoms with Crippen LogP contribution in [-0.2, 0) is 10.0 Å². The predicted molar refractivity (Wildman–Crippen MR) is 84.7 cm³/mol. The van der Waals surface area contributed by atoms with Crippen LogP contribution in [-0.4, -0.2) is 26.0 Å². The van der Waals surface area contributed by atoms with Crippen LogP contribution in [0.1, 0.15) is 40.0 Å². The van der Waals surface area contributed by atoms with Gasteiger partial charge in [-0.2, -0.15) is 0 Å². The van der Waals surface area contributed by atoms with Crippen LogP contribution in [0.15, 0.2) is 23.2 Å². The summed E-state index contributed by atoms with van der Waals surface area (Å²) in [5, 5.41) is 3.13. The third-order valence-corrected chi connectivity index (χ3v) is 5.85. The first-order valence-corrected chi connectivity index (χ1v) is 9.14. The highest BCUT2D eigenvalue weighted by Gasteiger charge is 2.33. The summed E-state index contributed by atoms with van der Waals surface area (Å²) >= 11 is 0. The zero-order chi connectivity index (χ0) is 15.5. The molecule has 1 fully saturated rings. The van der Waals surface area contributed by atoms with E-state index >= 15 is 0 Å². The average molecular weight is 311 g/mol. The summed E-state index contributed by atoms with van der Waals surface area (Å²) in [6, 6.07) is 3.35. The van der Waals surface area contributed by atoms with E-state index in [1.165, 1.54) is 6.20 Å². The van der Waals surface area contributed by atoms with E-state index in [0.29, 0.717) is 17.7 Å². The van der Waals surface area contributed by atoms with Crippen LogP contribution >= 0.6 is 0 Å². The molecule has 1 aliphatic rings. The quantitative estimate of drug-likeness (QED) is 0.847. The maximum absolute atomic E-state index is 12.4. The molecule has 0 aromatic carbocycles. The molecule has 1 saturated carbocycles. The molecule has 21 heavy (non-hydrogen) atoms. The second-order valence-electron chi connectivity index (χ2n) is 5.95. The van der Waals surface area contributed by atoms with E-state index in [4.69, 9.17) is 0 Å². The molecule has 3 unspecified atom stereocenters. The smallest absolute Gasteiger partial charge is 0.242 e. The second kappa shape index (κ2) is 6.75. The summed E-state index contributed by atoms with van der Waals surface area (Å²) in [5.74, 6) is 1.65. The van der Waals surface area contributed by atoms with Gasteiger partial charge in [-0.15, -0.1) is 0 Å². The Balaban J connectivity index is 2.05. The Morgan fingerprint density at radius 1 is 1.29 bits per heavy atom. The van der Waals surface area contributed by atoms with Crippen molar-refractivity contribution in [3.8, 4) is 0 Å². The van der Waals surface area contributed by atoms with E-state index in [-0.39, 0.29) is 10.9 Å². The minimum absolute atomic E-state index is 0.0305. The topological polar surface area (TPSA) is 71.1 Å². The summed E-state index contributed by atoms with van der Waals surface area (Å²) in [4.78, 5) is 4.39. The molecule has 1 heterocycles. The number of sulfonamides is 1. The Kier molecular flexibility index (Phi) is 5.22. The van der Waals surface area contributed by atoms with Gasteiger partial charge in [-0.05, 0) is 43.2 Å². The van der Waals surface area contributed by atoms with Gasteiger partial charge in [0.1, 0.15) is 10.7 Å². The first-order chi connectivity index (χ1) is 9.94. The molecule has 1 aromatic rings.